The van der Waals surface area contributed by atoms with Gasteiger partial charge in [0.05, 0.1) is 39.9 Å². The fraction of sp³-hybridized carbons (Fsp3) is 0.978. The number of quaternary nitrogens is 1. The molecule has 0 aromatic carbocycles. The molecule has 0 aromatic heterocycles. The summed E-state index contributed by atoms with van der Waals surface area (Å²) < 4.78 is 23.3. The van der Waals surface area contributed by atoms with Gasteiger partial charge in [0.2, 0.25) is 5.91 Å². The Morgan fingerprint density at radius 3 is 1.26 bits per heavy atom. The van der Waals surface area contributed by atoms with Crippen molar-refractivity contribution in [2.24, 2.45) is 0 Å². The minimum atomic E-state index is -4.56. The number of nitrogens with zero attached hydrogens (tertiary/aromatic N) is 1. The van der Waals surface area contributed by atoms with E-state index >= 15 is 0 Å². The second kappa shape index (κ2) is 38.0. The number of aliphatic hydroxyl groups excluding tert-OH is 1. The molecular formula is C45H93N2O6P. The summed E-state index contributed by atoms with van der Waals surface area (Å²) in [5, 5.41) is 13.9. The van der Waals surface area contributed by atoms with Gasteiger partial charge < -0.3 is 28.8 Å². The highest BCUT2D eigenvalue weighted by atomic mass is 31.2. The first-order valence-electron chi connectivity index (χ1n) is 23.4. The third-order valence-electron chi connectivity index (χ3n) is 10.8. The summed E-state index contributed by atoms with van der Waals surface area (Å²) in [5.74, 6) is -0.160. The summed E-state index contributed by atoms with van der Waals surface area (Å²) in [5.41, 5.74) is 0. The molecule has 0 aliphatic heterocycles. The highest BCUT2D eigenvalue weighted by molar-refractivity contribution is 7.45. The number of amides is 1. The molecule has 0 aliphatic rings. The van der Waals surface area contributed by atoms with E-state index in [1.54, 1.807) is 0 Å². The van der Waals surface area contributed by atoms with E-state index < -0.39 is 20.0 Å². The summed E-state index contributed by atoms with van der Waals surface area (Å²) in [7, 11) is 1.32. The van der Waals surface area contributed by atoms with Crippen molar-refractivity contribution in [3.63, 3.8) is 0 Å². The maximum Gasteiger partial charge on any atom is 0.268 e. The molecule has 2 N–H and O–H groups in total. The molecule has 0 bridgehead atoms. The first-order chi connectivity index (χ1) is 26.0. The highest BCUT2D eigenvalue weighted by Crippen LogP contribution is 2.38. The number of carbonyl (C=O) groups excluding carboxylic acids is 1. The lowest BCUT2D eigenvalue weighted by atomic mass is 10.0. The molecule has 3 unspecified atom stereocenters. The molecule has 8 nitrogen and oxygen atoms in total. The zero-order valence-corrected chi connectivity index (χ0v) is 37.6. The van der Waals surface area contributed by atoms with Gasteiger partial charge in [-0.2, -0.15) is 0 Å². The fourth-order valence-corrected chi connectivity index (χ4v) is 7.82. The first kappa shape index (κ1) is 53.5. The van der Waals surface area contributed by atoms with Crippen LogP contribution in [0.4, 0.5) is 0 Å². The van der Waals surface area contributed by atoms with E-state index in [1.165, 1.54) is 167 Å². The topological polar surface area (TPSA) is 108 Å². The zero-order valence-electron chi connectivity index (χ0n) is 36.7. The quantitative estimate of drug-likeness (QED) is 0.0362. The van der Waals surface area contributed by atoms with E-state index in [2.05, 4.69) is 19.2 Å². The van der Waals surface area contributed by atoms with Crippen LogP contribution in [0.1, 0.15) is 232 Å². The molecule has 0 aliphatic carbocycles. The Hall–Kier alpha value is -0.500. The molecule has 54 heavy (non-hydrogen) atoms. The average Bonchev–Trinajstić information content (AvgIpc) is 3.12. The predicted octanol–water partition coefficient (Wildman–Crippen LogP) is 12.3. The SMILES string of the molecule is CCCCCCCCCCCCCCCCCCC(=O)NC(COP(=O)([O-])OCC[N+](C)(C)C)C(O)CCCCCCCCCCCCCCCCCC. The van der Waals surface area contributed by atoms with E-state index in [-0.39, 0.29) is 19.1 Å². The molecule has 9 heteroatoms. The van der Waals surface area contributed by atoms with Gasteiger partial charge in [-0.1, -0.05) is 213 Å². The smallest absolute Gasteiger partial charge is 0.268 e. The molecule has 0 fully saturated rings. The van der Waals surface area contributed by atoms with Crippen LogP contribution in [0.15, 0.2) is 0 Å². The third kappa shape index (κ3) is 39.7. The van der Waals surface area contributed by atoms with Crippen molar-refractivity contribution in [3.05, 3.63) is 0 Å². The van der Waals surface area contributed by atoms with Gasteiger partial charge in [0.15, 0.2) is 0 Å². The Morgan fingerprint density at radius 1 is 0.574 bits per heavy atom. The van der Waals surface area contributed by atoms with Gasteiger partial charge in [0.1, 0.15) is 13.2 Å². The van der Waals surface area contributed by atoms with Gasteiger partial charge in [-0.3, -0.25) is 9.36 Å². The summed E-state index contributed by atoms with van der Waals surface area (Å²) in [6.45, 7) is 4.75. The number of rotatable bonds is 43. The molecule has 0 rings (SSSR count). The molecule has 0 saturated carbocycles. The second-order valence-electron chi connectivity index (χ2n) is 17.5. The number of likely N-dealkylation sites (N-methyl/N-ethyl adjacent to an activating group) is 1. The van der Waals surface area contributed by atoms with Crippen LogP contribution in [0.3, 0.4) is 0 Å². The Balaban J connectivity index is 4.30. The molecule has 324 valence electrons. The number of nitrogens with one attached hydrogen (secondary N) is 1. The van der Waals surface area contributed by atoms with Gasteiger partial charge in [0.25, 0.3) is 7.82 Å². The van der Waals surface area contributed by atoms with Gasteiger partial charge in [-0.25, -0.2) is 0 Å². The van der Waals surface area contributed by atoms with Gasteiger partial charge in [-0.05, 0) is 12.8 Å². The normalized spacial score (nSPS) is 14.3. The van der Waals surface area contributed by atoms with Crippen LogP contribution in [0.2, 0.25) is 0 Å². The number of carbonyl (C=O) groups is 1. The first-order valence-corrected chi connectivity index (χ1v) is 24.8. The van der Waals surface area contributed by atoms with Gasteiger partial charge in [0, 0.05) is 6.42 Å². The van der Waals surface area contributed by atoms with Crippen molar-refractivity contribution in [1.82, 2.24) is 5.32 Å². The number of hydrogen-bond donors (Lipinski definition) is 2. The fourth-order valence-electron chi connectivity index (χ4n) is 7.10. The number of phosphoric acid groups is 1. The maximum atomic E-state index is 12.9. The summed E-state index contributed by atoms with van der Waals surface area (Å²) >= 11 is 0. The van der Waals surface area contributed by atoms with E-state index in [9.17, 15) is 19.4 Å². The second-order valence-corrected chi connectivity index (χ2v) is 18.9. The molecule has 0 aromatic rings. The minimum Gasteiger partial charge on any atom is -0.756 e. The standard InChI is InChI=1S/C45H93N2O6P/c1-6-8-10-12-14-16-18-20-22-24-26-28-30-32-34-36-38-44(48)43(42-53-54(50,51)52-41-40-47(3,4)5)46-45(49)39-37-35-33-31-29-27-25-23-21-19-17-15-13-11-9-7-2/h43-44,48H,6-42H2,1-5H3,(H-,46,49,50,51). The van der Waals surface area contributed by atoms with Crippen LogP contribution in [-0.2, 0) is 18.4 Å². The summed E-state index contributed by atoms with van der Waals surface area (Å²) in [6, 6.07) is -0.792. The van der Waals surface area contributed by atoms with Crippen molar-refractivity contribution >= 4 is 13.7 Å². The maximum absolute atomic E-state index is 12.9. The van der Waals surface area contributed by atoms with E-state index in [1.807, 2.05) is 21.1 Å². The van der Waals surface area contributed by atoms with Gasteiger partial charge in [-0.15, -0.1) is 0 Å². The van der Waals surface area contributed by atoms with E-state index in [0.717, 1.165) is 38.5 Å². The minimum absolute atomic E-state index is 0.0162. The lowest BCUT2D eigenvalue weighted by Gasteiger charge is -2.30. The van der Waals surface area contributed by atoms with E-state index in [4.69, 9.17) is 9.05 Å². The molecular weight excluding hydrogens is 695 g/mol. The van der Waals surface area contributed by atoms with Crippen molar-refractivity contribution in [2.75, 3.05) is 40.9 Å². The Bertz CT molecular complexity index is 855. The number of hydrogen-bond acceptors (Lipinski definition) is 6. The monoisotopic (exact) mass is 789 g/mol. The van der Waals surface area contributed by atoms with Crippen LogP contribution >= 0.6 is 7.82 Å². The molecule has 0 spiro atoms. The van der Waals surface area contributed by atoms with Crippen LogP contribution in [0.25, 0.3) is 0 Å². The molecule has 3 atom stereocenters. The van der Waals surface area contributed by atoms with Crippen molar-refractivity contribution < 1.29 is 32.9 Å². The van der Waals surface area contributed by atoms with Crippen molar-refractivity contribution in [3.8, 4) is 0 Å². The zero-order chi connectivity index (χ0) is 40.0. The predicted molar refractivity (Wildman–Crippen MR) is 229 cm³/mol. The summed E-state index contributed by atoms with van der Waals surface area (Å²) in [6.07, 6.45) is 41.0. The van der Waals surface area contributed by atoms with Crippen LogP contribution < -0.4 is 10.2 Å². The summed E-state index contributed by atoms with van der Waals surface area (Å²) in [4.78, 5) is 25.3. The molecule has 0 heterocycles. The molecule has 0 saturated heterocycles. The van der Waals surface area contributed by atoms with E-state index in [0.29, 0.717) is 23.9 Å². The molecule has 1 amide bonds. The Morgan fingerprint density at radius 2 is 0.907 bits per heavy atom. The van der Waals surface area contributed by atoms with Crippen LogP contribution in [0, 0.1) is 0 Å². The third-order valence-corrected chi connectivity index (χ3v) is 11.8. The van der Waals surface area contributed by atoms with Crippen molar-refractivity contribution in [1.29, 1.82) is 0 Å². The van der Waals surface area contributed by atoms with Crippen LogP contribution in [-0.4, -0.2) is 68.5 Å². The lowest BCUT2D eigenvalue weighted by molar-refractivity contribution is -0.870. The Kier molecular flexibility index (Phi) is 37.7. The Labute approximate surface area is 336 Å². The highest BCUT2D eigenvalue weighted by Gasteiger charge is 2.24. The van der Waals surface area contributed by atoms with Crippen LogP contribution in [0.5, 0.6) is 0 Å². The number of unbranched alkanes of at least 4 members (excludes halogenated alkanes) is 30. The lowest BCUT2D eigenvalue weighted by Crippen LogP contribution is -2.46. The molecule has 0 radical (unpaired) electrons. The van der Waals surface area contributed by atoms with Crippen molar-refractivity contribution in [2.45, 2.75) is 244 Å². The number of aliphatic hydroxyl groups is 1. The number of phosphoric ester groups is 1. The van der Waals surface area contributed by atoms with Gasteiger partial charge >= 0.3 is 0 Å². The largest absolute Gasteiger partial charge is 0.756 e. The average molecular weight is 789 g/mol.